The summed E-state index contributed by atoms with van der Waals surface area (Å²) in [5.74, 6) is 1.03. The monoisotopic (exact) mass is 313 g/mol. The third kappa shape index (κ3) is 4.47. The van der Waals surface area contributed by atoms with Crippen molar-refractivity contribution in [2.24, 2.45) is 0 Å². The van der Waals surface area contributed by atoms with E-state index in [9.17, 15) is 4.79 Å². The van der Waals surface area contributed by atoms with Crippen LogP contribution in [0.2, 0.25) is 10.0 Å². The summed E-state index contributed by atoms with van der Waals surface area (Å²) in [6.07, 6.45) is 2.24. The van der Waals surface area contributed by atoms with E-state index in [1.807, 2.05) is 12.1 Å². The first-order valence-corrected chi connectivity index (χ1v) is 6.77. The van der Waals surface area contributed by atoms with Crippen LogP contribution in [0.15, 0.2) is 41.0 Å². The van der Waals surface area contributed by atoms with Gasteiger partial charge in [-0.15, -0.1) is 0 Å². The minimum atomic E-state index is -0.220. The lowest BCUT2D eigenvalue weighted by Crippen LogP contribution is -2.30. The molecule has 1 aromatic carbocycles. The molecule has 0 fully saturated rings. The maximum atomic E-state index is 11.6. The molecule has 6 heteroatoms. The second kappa shape index (κ2) is 7.22. The lowest BCUT2D eigenvalue weighted by atomic mass is 10.3. The molecule has 0 spiro atoms. The molecule has 0 aliphatic heterocycles. The number of nitrogens with one attached hydrogen (secondary N) is 1. The van der Waals surface area contributed by atoms with Crippen molar-refractivity contribution in [1.82, 2.24) is 5.32 Å². The van der Waals surface area contributed by atoms with Crippen LogP contribution in [0.5, 0.6) is 5.75 Å². The van der Waals surface area contributed by atoms with Crippen molar-refractivity contribution in [3.63, 3.8) is 0 Å². The Balaban J connectivity index is 1.72. The lowest BCUT2D eigenvalue weighted by Gasteiger charge is -2.08. The van der Waals surface area contributed by atoms with E-state index < -0.39 is 0 Å². The molecule has 0 radical (unpaired) electrons. The molecule has 4 nitrogen and oxygen atoms in total. The Labute approximate surface area is 126 Å². The summed E-state index contributed by atoms with van der Waals surface area (Å²) in [4.78, 5) is 11.6. The Morgan fingerprint density at radius 1 is 1.30 bits per heavy atom. The first-order chi connectivity index (χ1) is 9.65. The number of rotatable bonds is 6. The fraction of sp³-hybridized carbons (Fsp3) is 0.214. The summed E-state index contributed by atoms with van der Waals surface area (Å²) >= 11 is 11.7. The third-order valence-corrected chi connectivity index (χ3v) is 3.06. The fourth-order valence-corrected chi connectivity index (χ4v) is 2.03. The second-order valence-corrected chi connectivity index (χ2v) is 4.89. The Hall–Kier alpha value is -1.65. The summed E-state index contributed by atoms with van der Waals surface area (Å²) in [7, 11) is 0. The van der Waals surface area contributed by atoms with E-state index in [2.05, 4.69) is 5.32 Å². The van der Waals surface area contributed by atoms with E-state index in [0.717, 1.165) is 5.76 Å². The molecular weight excluding hydrogens is 301 g/mol. The van der Waals surface area contributed by atoms with E-state index in [0.29, 0.717) is 28.8 Å². The zero-order valence-corrected chi connectivity index (χ0v) is 12.1. The lowest BCUT2D eigenvalue weighted by molar-refractivity contribution is -0.123. The molecule has 1 N–H and O–H groups in total. The summed E-state index contributed by atoms with van der Waals surface area (Å²) < 4.78 is 10.5. The van der Waals surface area contributed by atoms with Gasteiger partial charge in [-0.05, 0) is 30.3 Å². The molecule has 0 aliphatic rings. The maximum Gasteiger partial charge on any atom is 0.257 e. The van der Waals surface area contributed by atoms with Crippen molar-refractivity contribution in [2.45, 2.75) is 6.42 Å². The molecule has 0 aliphatic carbocycles. The van der Waals surface area contributed by atoms with Crippen molar-refractivity contribution in [1.29, 1.82) is 0 Å². The van der Waals surface area contributed by atoms with Crippen LogP contribution in [-0.4, -0.2) is 19.1 Å². The highest BCUT2D eigenvalue weighted by Gasteiger charge is 2.06. The van der Waals surface area contributed by atoms with Gasteiger partial charge in [-0.2, -0.15) is 0 Å². The quantitative estimate of drug-likeness (QED) is 0.890. The van der Waals surface area contributed by atoms with Crippen molar-refractivity contribution in [3.8, 4) is 5.75 Å². The van der Waals surface area contributed by atoms with Gasteiger partial charge < -0.3 is 14.5 Å². The van der Waals surface area contributed by atoms with Crippen LogP contribution in [0.1, 0.15) is 5.76 Å². The van der Waals surface area contributed by atoms with Crippen LogP contribution in [0.3, 0.4) is 0 Å². The number of ether oxygens (including phenoxy) is 1. The summed E-state index contributed by atoms with van der Waals surface area (Å²) in [5, 5.41) is 3.62. The van der Waals surface area contributed by atoms with Crippen LogP contribution >= 0.6 is 23.2 Å². The number of hydrogen-bond donors (Lipinski definition) is 1. The third-order valence-electron chi connectivity index (χ3n) is 2.53. The van der Waals surface area contributed by atoms with E-state index in [-0.39, 0.29) is 12.5 Å². The first-order valence-electron chi connectivity index (χ1n) is 6.02. The van der Waals surface area contributed by atoms with Gasteiger partial charge in [0.2, 0.25) is 0 Å². The molecule has 0 unspecified atom stereocenters. The maximum absolute atomic E-state index is 11.6. The summed E-state index contributed by atoms with van der Waals surface area (Å²) in [6, 6.07) is 8.50. The number of carbonyl (C=O) groups excluding carboxylic acids is 1. The van der Waals surface area contributed by atoms with Gasteiger partial charge in [0.05, 0.1) is 11.3 Å². The fourth-order valence-electron chi connectivity index (χ4n) is 1.57. The van der Waals surface area contributed by atoms with Crippen molar-refractivity contribution >= 4 is 29.1 Å². The summed E-state index contributed by atoms with van der Waals surface area (Å²) in [6.45, 7) is 0.392. The van der Waals surface area contributed by atoms with Crippen LogP contribution in [0, 0.1) is 0 Å². The highest BCUT2D eigenvalue weighted by molar-refractivity contribution is 6.35. The number of halogens is 2. The second-order valence-electron chi connectivity index (χ2n) is 4.04. The summed E-state index contributed by atoms with van der Waals surface area (Å²) in [5.41, 5.74) is 0. The van der Waals surface area contributed by atoms with E-state index in [4.69, 9.17) is 32.4 Å². The molecule has 0 bridgehead atoms. The highest BCUT2D eigenvalue weighted by atomic mass is 35.5. The van der Waals surface area contributed by atoms with E-state index >= 15 is 0 Å². The number of furan rings is 1. The van der Waals surface area contributed by atoms with Gasteiger partial charge >= 0.3 is 0 Å². The van der Waals surface area contributed by atoms with E-state index in [1.165, 1.54) is 0 Å². The minimum absolute atomic E-state index is 0.0977. The minimum Gasteiger partial charge on any atom is -0.482 e. The molecule has 0 atom stereocenters. The topological polar surface area (TPSA) is 51.5 Å². The molecular formula is C14H13Cl2NO3. The van der Waals surface area contributed by atoms with Crippen LogP contribution in [-0.2, 0) is 11.2 Å². The number of amides is 1. The highest BCUT2D eigenvalue weighted by Crippen LogP contribution is 2.27. The molecule has 20 heavy (non-hydrogen) atoms. The average molecular weight is 314 g/mol. The molecule has 0 saturated heterocycles. The molecule has 0 saturated carbocycles. The first kappa shape index (κ1) is 14.8. The molecule has 2 rings (SSSR count). The largest absolute Gasteiger partial charge is 0.482 e. The molecule has 2 aromatic rings. The van der Waals surface area contributed by atoms with Crippen molar-refractivity contribution in [3.05, 3.63) is 52.4 Å². The number of benzene rings is 1. The molecule has 1 heterocycles. The average Bonchev–Trinajstić information content (AvgIpc) is 2.91. The predicted molar refractivity (Wildman–Crippen MR) is 77.4 cm³/mol. The van der Waals surface area contributed by atoms with Crippen molar-refractivity contribution < 1.29 is 13.9 Å². The molecule has 106 valence electrons. The van der Waals surface area contributed by atoms with Gasteiger partial charge in [-0.1, -0.05) is 23.2 Å². The number of carbonyl (C=O) groups is 1. The van der Waals surface area contributed by atoms with Gasteiger partial charge in [0.1, 0.15) is 11.5 Å². The van der Waals surface area contributed by atoms with Gasteiger partial charge in [0.15, 0.2) is 6.61 Å². The zero-order valence-electron chi connectivity index (χ0n) is 10.6. The Kier molecular flexibility index (Phi) is 5.32. The standard InChI is InChI=1S/C14H13Cl2NO3/c15-10-3-4-13(12(16)8-10)20-9-14(18)17-6-5-11-2-1-7-19-11/h1-4,7-8H,5-6,9H2,(H,17,18). The molecule has 1 amide bonds. The normalized spacial score (nSPS) is 10.3. The van der Waals surface area contributed by atoms with Gasteiger partial charge in [-0.25, -0.2) is 0 Å². The van der Waals surface area contributed by atoms with Crippen LogP contribution in [0.4, 0.5) is 0 Å². The Morgan fingerprint density at radius 3 is 2.85 bits per heavy atom. The van der Waals surface area contributed by atoms with E-state index in [1.54, 1.807) is 24.5 Å². The smallest absolute Gasteiger partial charge is 0.257 e. The van der Waals surface area contributed by atoms with Gasteiger partial charge in [0, 0.05) is 18.0 Å². The van der Waals surface area contributed by atoms with Gasteiger partial charge in [-0.3, -0.25) is 4.79 Å². The SMILES string of the molecule is O=C(COc1ccc(Cl)cc1Cl)NCCc1ccco1. The Bertz CT molecular complexity index is 570. The zero-order chi connectivity index (χ0) is 14.4. The van der Waals surface area contributed by atoms with Crippen LogP contribution in [0.25, 0.3) is 0 Å². The van der Waals surface area contributed by atoms with Crippen molar-refractivity contribution in [2.75, 3.05) is 13.2 Å². The van der Waals surface area contributed by atoms with Crippen LogP contribution < -0.4 is 10.1 Å². The predicted octanol–water partition coefficient (Wildman–Crippen LogP) is 3.32. The number of hydrogen-bond acceptors (Lipinski definition) is 3. The Morgan fingerprint density at radius 2 is 2.15 bits per heavy atom. The molecule has 1 aromatic heterocycles. The van der Waals surface area contributed by atoms with Gasteiger partial charge in [0.25, 0.3) is 5.91 Å².